The monoisotopic (exact) mass is 337 g/mol. The Bertz CT molecular complexity index is 508. The van der Waals surface area contributed by atoms with Crippen LogP contribution in [-0.2, 0) is 6.42 Å². The summed E-state index contributed by atoms with van der Waals surface area (Å²) in [5.74, 6) is 0. The second-order valence-electron chi connectivity index (χ2n) is 6.60. The number of nitrogens with one attached hydrogen (secondary N) is 2. The number of aromatic nitrogens is 2. The average molecular weight is 337 g/mol. The molecule has 2 fully saturated rings. The lowest BCUT2D eigenvalue weighted by Crippen LogP contribution is -2.46. The number of rotatable bonds is 7. The zero-order valence-corrected chi connectivity index (χ0v) is 14.7. The molecule has 0 spiro atoms. The predicted molar refractivity (Wildman–Crippen MR) is 92.9 cm³/mol. The predicted octanol–water partition coefficient (Wildman–Crippen LogP) is 3.02. The van der Waals surface area contributed by atoms with E-state index < -0.39 is 0 Å². The van der Waals surface area contributed by atoms with Crippen LogP contribution in [0.4, 0.5) is 9.93 Å². The number of likely N-dealkylation sites (tertiary alicyclic amines) is 1. The van der Waals surface area contributed by atoms with E-state index in [9.17, 15) is 4.79 Å². The third kappa shape index (κ3) is 5.14. The van der Waals surface area contributed by atoms with Crippen molar-refractivity contribution in [1.29, 1.82) is 0 Å². The fraction of sp³-hybridized carbons (Fsp3) is 0.812. The largest absolute Gasteiger partial charge is 0.335 e. The van der Waals surface area contributed by atoms with E-state index in [1.807, 2.05) is 0 Å². The first-order chi connectivity index (χ1) is 11.2. The van der Waals surface area contributed by atoms with Gasteiger partial charge < -0.3 is 10.2 Å². The van der Waals surface area contributed by atoms with Crippen molar-refractivity contribution in [2.45, 2.75) is 70.4 Å². The molecule has 3 rings (SSSR count). The maximum Gasteiger partial charge on any atom is 0.321 e. The van der Waals surface area contributed by atoms with Crippen LogP contribution in [0, 0.1) is 0 Å². The number of anilines is 1. The number of hydrogen-bond acceptors (Lipinski definition) is 5. The Morgan fingerprint density at radius 2 is 2.00 bits per heavy atom. The Morgan fingerprint density at radius 3 is 2.70 bits per heavy atom. The normalized spacial score (nSPS) is 19.7. The summed E-state index contributed by atoms with van der Waals surface area (Å²) in [7, 11) is 0. The van der Waals surface area contributed by atoms with Crippen molar-refractivity contribution in [3.63, 3.8) is 0 Å². The third-order valence-electron chi connectivity index (χ3n) is 4.61. The fourth-order valence-electron chi connectivity index (χ4n) is 3.10. The van der Waals surface area contributed by atoms with Crippen LogP contribution in [0.25, 0.3) is 0 Å². The summed E-state index contributed by atoms with van der Waals surface area (Å²) in [5.41, 5.74) is 0. The van der Waals surface area contributed by atoms with Gasteiger partial charge in [-0.2, -0.15) is 0 Å². The first-order valence-electron chi connectivity index (χ1n) is 8.88. The van der Waals surface area contributed by atoms with Gasteiger partial charge in [0.15, 0.2) is 0 Å². The van der Waals surface area contributed by atoms with Gasteiger partial charge in [0.25, 0.3) is 0 Å². The van der Waals surface area contributed by atoms with Crippen molar-refractivity contribution in [3.05, 3.63) is 5.01 Å². The highest BCUT2D eigenvalue weighted by Crippen LogP contribution is 2.29. The maximum absolute atomic E-state index is 12.1. The van der Waals surface area contributed by atoms with Gasteiger partial charge in [-0.25, -0.2) is 4.79 Å². The minimum Gasteiger partial charge on any atom is -0.335 e. The zero-order valence-electron chi connectivity index (χ0n) is 13.9. The molecule has 0 bridgehead atoms. The van der Waals surface area contributed by atoms with Crippen LogP contribution in [-0.4, -0.2) is 46.3 Å². The number of piperidine rings is 1. The molecule has 0 atom stereocenters. The molecular weight excluding hydrogens is 310 g/mol. The molecule has 1 aromatic rings. The van der Waals surface area contributed by atoms with Crippen LogP contribution >= 0.6 is 11.3 Å². The van der Waals surface area contributed by atoms with Crippen LogP contribution in [0.15, 0.2) is 0 Å². The van der Waals surface area contributed by atoms with E-state index in [4.69, 9.17) is 0 Å². The van der Waals surface area contributed by atoms with Crippen molar-refractivity contribution in [2.24, 2.45) is 0 Å². The van der Waals surface area contributed by atoms with Gasteiger partial charge in [-0.05, 0) is 32.1 Å². The second-order valence-corrected chi connectivity index (χ2v) is 7.66. The van der Waals surface area contributed by atoms with E-state index in [1.165, 1.54) is 37.0 Å². The summed E-state index contributed by atoms with van der Waals surface area (Å²) in [4.78, 5) is 14.6. The lowest BCUT2D eigenvalue weighted by atomic mass is 10.1. The Kier molecular flexibility index (Phi) is 5.83. The maximum atomic E-state index is 12.1. The molecule has 6 nitrogen and oxygen atoms in total. The van der Waals surface area contributed by atoms with Gasteiger partial charge in [-0.1, -0.05) is 31.1 Å². The van der Waals surface area contributed by atoms with Gasteiger partial charge in [-0.15, -0.1) is 10.2 Å². The lowest BCUT2D eigenvalue weighted by Gasteiger charge is -2.32. The number of amides is 2. The van der Waals surface area contributed by atoms with Crippen LogP contribution in [0.1, 0.15) is 56.9 Å². The minimum absolute atomic E-state index is 0.147. The minimum atomic E-state index is -0.147. The molecular formula is C16H27N5OS. The molecule has 7 heteroatoms. The summed E-state index contributed by atoms with van der Waals surface area (Å²) in [6, 6.07) is 0.963. The molecule has 0 unspecified atom stereocenters. The summed E-state index contributed by atoms with van der Waals surface area (Å²) in [5, 5.41) is 15.7. The Balaban J connectivity index is 1.37. The molecule has 2 aliphatic rings. The number of aryl methyl sites for hydroxylation is 1. The van der Waals surface area contributed by atoms with Gasteiger partial charge in [-0.3, -0.25) is 5.32 Å². The first kappa shape index (κ1) is 16.6. The van der Waals surface area contributed by atoms with E-state index in [0.29, 0.717) is 5.13 Å². The van der Waals surface area contributed by atoms with Crippen molar-refractivity contribution in [2.75, 3.05) is 18.4 Å². The van der Waals surface area contributed by atoms with E-state index >= 15 is 0 Å². The van der Waals surface area contributed by atoms with Crippen LogP contribution in [0.3, 0.4) is 0 Å². The first-order valence-corrected chi connectivity index (χ1v) is 9.70. The fourth-order valence-corrected chi connectivity index (χ4v) is 3.88. The average Bonchev–Trinajstić information content (AvgIpc) is 3.30. The number of urea groups is 1. The van der Waals surface area contributed by atoms with E-state index in [0.717, 1.165) is 49.8 Å². The number of unbranched alkanes of at least 4 members (excludes halogenated alkanes) is 2. The number of nitrogens with zero attached hydrogens (tertiary/aromatic N) is 3. The molecule has 2 heterocycles. The van der Waals surface area contributed by atoms with E-state index in [-0.39, 0.29) is 12.1 Å². The molecule has 1 aliphatic heterocycles. The molecule has 0 aromatic carbocycles. The van der Waals surface area contributed by atoms with Gasteiger partial charge in [0.05, 0.1) is 0 Å². The van der Waals surface area contributed by atoms with Gasteiger partial charge in [0.2, 0.25) is 5.13 Å². The van der Waals surface area contributed by atoms with Crippen LogP contribution in [0.5, 0.6) is 0 Å². The molecule has 2 N–H and O–H groups in total. The van der Waals surface area contributed by atoms with Crippen LogP contribution in [0.2, 0.25) is 0 Å². The van der Waals surface area contributed by atoms with Crippen molar-refractivity contribution in [1.82, 2.24) is 20.4 Å². The highest BCUT2D eigenvalue weighted by Gasteiger charge is 2.32. The topological polar surface area (TPSA) is 70.1 Å². The smallest absolute Gasteiger partial charge is 0.321 e. The standard InChI is InChI=1S/C16H27N5OS/c1-2-3-4-5-14-19-20-16(23-14)18-15(22)17-12-8-10-21(11-9-12)13-6-7-13/h12-13H,2-11H2,1H3,(H2,17,18,20,22). The molecule has 2 amide bonds. The summed E-state index contributed by atoms with van der Waals surface area (Å²) in [6.07, 6.45) is 9.30. The van der Waals surface area contributed by atoms with Gasteiger partial charge in [0.1, 0.15) is 5.01 Å². The number of hydrogen-bond donors (Lipinski definition) is 2. The van der Waals surface area contributed by atoms with Crippen molar-refractivity contribution in [3.8, 4) is 0 Å². The van der Waals surface area contributed by atoms with E-state index in [1.54, 1.807) is 0 Å². The molecule has 23 heavy (non-hydrogen) atoms. The third-order valence-corrected chi connectivity index (χ3v) is 5.51. The highest BCUT2D eigenvalue weighted by molar-refractivity contribution is 7.15. The quantitative estimate of drug-likeness (QED) is 0.750. The summed E-state index contributed by atoms with van der Waals surface area (Å²) >= 11 is 1.48. The van der Waals surface area contributed by atoms with Gasteiger partial charge in [0, 0.05) is 31.6 Å². The SMILES string of the molecule is CCCCCc1nnc(NC(=O)NC2CCN(C3CC3)CC2)s1. The Labute approximate surface area is 142 Å². The molecule has 1 aromatic heterocycles. The summed E-state index contributed by atoms with van der Waals surface area (Å²) < 4.78 is 0. The molecule has 1 saturated carbocycles. The highest BCUT2D eigenvalue weighted by atomic mass is 32.1. The number of carbonyl (C=O) groups is 1. The van der Waals surface area contributed by atoms with Crippen LogP contribution < -0.4 is 10.6 Å². The lowest BCUT2D eigenvalue weighted by molar-refractivity contribution is 0.189. The second kappa shape index (κ2) is 8.06. The Hall–Kier alpha value is -1.21. The molecule has 1 aliphatic carbocycles. The van der Waals surface area contributed by atoms with E-state index in [2.05, 4.69) is 32.7 Å². The van der Waals surface area contributed by atoms with Crippen molar-refractivity contribution >= 4 is 22.5 Å². The number of carbonyl (C=O) groups excluding carboxylic acids is 1. The summed E-state index contributed by atoms with van der Waals surface area (Å²) in [6.45, 7) is 4.40. The van der Waals surface area contributed by atoms with Gasteiger partial charge >= 0.3 is 6.03 Å². The molecule has 0 radical (unpaired) electrons. The molecule has 128 valence electrons. The van der Waals surface area contributed by atoms with Crippen molar-refractivity contribution < 1.29 is 4.79 Å². The zero-order chi connectivity index (χ0) is 16.1. The Morgan fingerprint density at radius 1 is 1.22 bits per heavy atom. The molecule has 1 saturated heterocycles.